The van der Waals surface area contributed by atoms with E-state index in [1.165, 1.54) is 25.3 Å². The van der Waals surface area contributed by atoms with Gasteiger partial charge in [0.2, 0.25) is 12.2 Å². The molecule has 2 atom stereocenters. The summed E-state index contributed by atoms with van der Waals surface area (Å²) in [7, 11) is 1.22. The van der Waals surface area contributed by atoms with Crippen LogP contribution in [0.3, 0.4) is 0 Å². The van der Waals surface area contributed by atoms with Crippen molar-refractivity contribution < 1.29 is 64.8 Å². The Hall–Kier alpha value is -4.60. The van der Waals surface area contributed by atoms with Crippen molar-refractivity contribution in [1.29, 1.82) is 0 Å². The lowest BCUT2D eigenvalue weighted by Gasteiger charge is -2.24. The largest absolute Gasteiger partial charge is 0.495 e. The van der Waals surface area contributed by atoms with Gasteiger partial charge in [-0.3, -0.25) is 4.79 Å². The summed E-state index contributed by atoms with van der Waals surface area (Å²) in [6, 6.07) is 9.63. The molecule has 3 rings (SSSR count). The Bertz CT molecular complexity index is 1540. The Morgan fingerprint density at radius 1 is 0.767 bits per heavy atom. The average Bonchev–Trinajstić information content (AvgIpc) is 2.93. The molecule has 0 heterocycles. The van der Waals surface area contributed by atoms with Gasteiger partial charge in [-0.15, -0.1) is 0 Å². The first kappa shape index (κ1) is 32.9. The van der Waals surface area contributed by atoms with Crippen molar-refractivity contribution in [2.75, 3.05) is 12.4 Å². The van der Waals surface area contributed by atoms with E-state index in [9.17, 15) is 50.6 Å². The van der Waals surface area contributed by atoms with Gasteiger partial charge in [-0.2, -0.15) is 26.3 Å². The molecule has 0 unspecified atom stereocenters. The molecule has 0 spiro atoms. The van der Waals surface area contributed by atoms with E-state index < -0.39 is 70.6 Å². The number of halogens is 7. The summed E-state index contributed by atoms with van der Waals surface area (Å²) in [5.41, 5.74) is -4.16. The van der Waals surface area contributed by atoms with Crippen molar-refractivity contribution in [2.24, 2.45) is 0 Å². The second-order valence-corrected chi connectivity index (χ2v) is 9.40. The van der Waals surface area contributed by atoms with Crippen LogP contribution in [-0.4, -0.2) is 48.2 Å². The topological polar surface area (TPSA) is 128 Å². The molecule has 2 N–H and O–H groups in total. The summed E-state index contributed by atoms with van der Waals surface area (Å²) in [4.78, 5) is 51.0. The van der Waals surface area contributed by atoms with E-state index in [0.29, 0.717) is 28.7 Å². The Morgan fingerprint density at radius 2 is 1.26 bits per heavy atom. The van der Waals surface area contributed by atoms with Crippen molar-refractivity contribution >= 4 is 45.4 Å². The number of rotatable bonds is 9. The summed E-state index contributed by atoms with van der Waals surface area (Å²) in [6.45, 7) is 0. The molecule has 3 aromatic rings. The van der Waals surface area contributed by atoms with Gasteiger partial charge in [0.05, 0.1) is 35.1 Å². The fourth-order valence-corrected chi connectivity index (χ4v) is 3.85. The van der Waals surface area contributed by atoms with Crippen LogP contribution in [0.4, 0.5) is 32.0 Å². The van der Waals surface area contributed by atoms with Gasteiger partial charge < -0.3 is 24.6 Å². The minimum atomic E-state index is -4.88. The van der Waals surface area contributed by atoms with Gasteiger partial charge in [-0.1, -0.05) is 28.1 Å². The summed E-state index contributed by atoms with van der Waals surface area (Å²) < 4.78 is 94.2. The molecule has 0 aliphatic heterocycles. The predicted octanol–water partition coefficient (Wildman–Crippen LogP) is 5.97. The number of carbonyl (C=O) groups is 4. The van der Waals surface area contributed by atoms with Gasteiger partial charge in [0.25, 0.3) is 5.91 Å². The number of alkyl halides is 6. The lowest BCUT2D eigenvalue weighted by Crippen LogP contribution is -2.48. The molecule has 0 radical (unpaired) electrons. The molecule has 0 aromatic heterocycles. The van der Waals surface area contributed by atoms with Crippen LogP contribution in [0.15, 0.2) is 71.2 Å². The maximum absolute atomic E-state index is 13.3. The Morgan fingerprint density at radius 3 is 1.70 bits per heavy atom. The second-order valence-electron chi connectivity index (χ2n) is 8.48. The molecule has 9 nitrogen and oxygen atoms in total. The number of methoxy groups -OCH3 is 1. The highest BCUT2D eigenvalue weighted by Crippen LogP contribution is 2.32. The summed E-state index contributed by atoms with van der Waals surface area (Å²) in [5, 5.41) is 12.0. The molecular formula is C27H18BrF6NO8. The maximum atomic E-state index is 13.3. The number of carbonyl (C=O) groups excluding carboxylic acids is 3. The summed E-state index contributed by atoms with van der Waals surface area (Å²) in [6.07, 6.45) is -15.0. The number of benzene rings is 3. The van der Waals surface area contributed by atoms with Gasteiger partial charge in [0, 0.05) is 4.47 Å². The monoisotopic (exact) mass is 677 g/mol. The highest BCUT2D eigenvalue weighted by Gasteiger charge is 2.42. The Balaban J connectivity index is 2.01. The number of esters is 2. The molecule has 16 heteroatoms. The molecule has 1 amide bonds. The van der Waals surface area contributed by atoms with Crippen LogP contribution < -0.4 is 10.1 Å². The van der Waals surface area contributed by atoms with Crippen molar-refractivity contribution in [3.63, 3.8) is 0 Å². The molecule has 0 fully saturated rings. The molecule has 43 heavy (non-hydrogen) atoms. The van der Waals surface area contributed by atoms with Crippen molar-refractivity contribution in [3.8, 4) is 5.75 Å². The number of anilines is 1. The molecular weight excluding hydrogens is 660 g/mol. The van der Waals surface area contributed by atoms with Crippen molar-refractivity contribution in [2.45, 2.75) is 24.6 Å². The molecule has 0 saturated carbocycles. The molecule has 0 aliphatic rings. The average molecular weight is 678 g/mol. The third-order valence-electron chi connectivity index (χ3n) is 5.52. The number of hydrogen-bond acceptors (Lipinski definition) is 7. The van der Waals surface area contributed by atoms with Crippen LogP contribution in [-0.2, 0) is 31.4 Å². The fourth-order valence-electron chi connectivity index (χ4n) is 3.49. The third kappa shape index (κ3) is 8.47. The normalized spacial score (nSPS) is 12.9. The number of hydrogen-bond donors (Lipinski definition) is 2. The lowest BCUT2D eigenvalue weighted by atomic mass is 10.1. The Labute approximate surface area is 246 Å². The number of carboxylic acids is 1. The first-order valence-electron chi connectivity index (χ1n) is 11.6. The van der Waals surface area contributed by atoms with Crippen LogP contribution in [0.5, 0.6) is 5.75 Å². The first-order valence-corrected chi connectivity index (χ1v) is 12.4. The maximum Gasteiger partial charge on any atom is 0.416 e. The second kappa shape index (κ2) is 13.1. The van der Waals surface area contributed by atoms with Crippen molar-refractivity contribution in [1.82, 2.24) is 0 Å². The highest BCUT2D eigenvalue weighted by molar-refractivity contribution is 9.10. The van der Waals surface area contributed by atoms with E-state index in [2.05, 4.69) is 21.2 Å². The number of amides is 1. The molecule has 228 valence electrons. The Kier molecular flexibility index (Phi) is 10.1. The van der Waals surface area contributed by atoms with Crippen LogP contribution in [0.2, 0.25) is 0 Å². The first-order chi connectivity index (χ1) is 20.0. The van der Waals surface area contributed by atoms with E-state index in [4.69, 9.17) is 14.2 Å². The van der Waals surface area contributed by atoms with E-state index >= 15 is 0 Å². The van der Waals surface area contributed by atoms with Crippen molar-refractivity contribution in [3.05, 3.63) is 93.5 Å². The van der Waals surface area contributed by atoms with Gasteiger partial charge in [0.1, 0.15) is 5.75 Å². The van der Waals surface area contributed by atoms with E-state index in [1.54, 1.807) is 0 Å². The zero-order valence-corrected chi connectivity index (χ0v) is 23.0. The minimum Gasteiger partial charge on any atom is -0.495 e. The zero-order chi connectivity index (χ0) is 32.1. The highest BCUT2D eigenvalue weighted by atomic mass is 79.9. The summed E-state index contributed by atoms with van der Waals surface area (Å²) >= 11 is 3.15. The SMILES string of the molecule is COc1ccc(Br)cc1NC(=O)[C@@H](OC(=O)c1cccc(C(F)(F)F)c1)[C@H](OC(=O)c1cccc(C(F)(F)F)c1)C(=O)O. The van der Waals surface area contributed by atoms with E-state index in [1.807, 2.05) is 0 Å². The van der Waals surface area contributed by atoms with Gasteiger partial charge in [0.15, 0.2) is 0 Å². The molecule has 3 aromatic carbocycles. The smallest absolute Gasteiger partial charge is 0.416 e. The van der Waals surface area contributed by atoms with E-state index in [0.717, 1.165) is 24.3 Å². The summed E-state index contributed by atoms with van der Waals surface area (Å²) in [5.74, 6) is -6.76. The van der Waals surface area contributed by atoms with Crippen LogP contribution in [0.1, 0.15) is 31.8 Å². The number of nitrogens with one attached hydrogen (secondary N) is 1. The predicted molar refractivity (Wildman–Crippen MR) is 138 cm³/mol. The fraction of sp³-hybridized carbons (Fsp3) is 0.185. The van der Waals surface area contributed by atoms with E-state index in [-0.39, 0.29) is 11.4 Å². The lowest BCUT2D eigenvalue weighted by molar-refractivity contribution is -0.157. The number of carboxylic acid groups (broad SMARTS) is 1. The zero-order valence-electron chi connectivity index (χ0n) is 21.5. The minimum absolute atomic E-state index is 0.0346. The molecule has 0 aliphatic carbocycles. The van der Waals surface area contributed by atoms with Gasteiger partial charge in [-0.05, 0) is 54.6 Å². The standard InChI is InChI=1S/C27H18BrF6NO8/c1-41-19-9-8-17(28)12-18(19)35-22(36)20(42-24(39)13-4-2-6-15(10-13)26(29,30)31)21(23(37)38)43-25(40)14-5-3-7-16(11-14)27(32,33)34/h2-12,20-21H,1H3,(H,35,36)(H,37,38)/t20-,21-/m0/s1. The van der Waals surface area contributed by atoms with Crippen LogP contribution >= 0.6 is 15.9 Å². The quantitative estimate of drug-likeness (QED) is 0.210. The number of aliphatic carboxylic acids is 1. The van der Waals surface area contributed by atoms with Crippen LogP contribution in [0, 0.1) is 0 Å². The third-order valence-corrected chi connectivity index (χ3v) is 6.01. The van der Waals surface area contributed by atoms with Crippen LogP contribution in [0.25, 0.3) is 0 Å². The van der Waals surface area contributed by atoms with Gasteiger partial charge >= 0.3 is 30.3 Å². The number of ether oxygens (including phenoxy) is 3. The van der Waals surface area contributed by atoms with Gasteiger partial charge in [-0.25, -0.2) is 14.4 Å². The molecule has 0 saturated heterocycles. The molecule has 0 bridgehead atoms.